The van der Waals surface area contributed by atoms with Gasteiger partial charge in [0.25, 0.3) is 0 Å². The van der Waals surface area contributed by atoms with Crippen molar-refractivity contribution in [2.75, 3.05) is 0 Å². The standard InChI is InChI=1S/C18H12N2.2C11H8N.F6P.Ir/c1-3-7-15-13(5-1)9-11-17(19-15)18-12-10-14-6-2-4-8-16(14)20-18;2*1-2-6-10(7-3-1)11-8-4-5-9-12-11;1-7(2,3,4,5)6;/h1-12H;2*1-6,8-9H;;/q;3*-1;+3. The Morgan fingerprint density at radius 1 is 0.385 bits per heavy atom. The van der Waals surface area contributed by atoms with Gasteiger partial charge in [-0.05, 0) is 47.8 Å². The second-order valence-corrected chi connectivity index (χ2v) is 12.6. The predicted molar refractivity (Wildman–Crippen MR) is 193 cm³/mol. The molecule has 0 saturated heterocycles. The zero-order valence-corrected chi connectivity index (χ0v) is 30.3. The molecule has 52 heavy (non-hydrogen) atoms. The molecular weight excluding hydrogens is 874 g/mol. The van der Waals surface area contributed by atoms with Gasteiger partial charge in [0.15, 0.2) is 0 Å². The second-order valence-electron chi connectivity index (χ2n) is 10.7. The second kappa shape index (κ2) is 16.8. The van der Waals surface area contributed by atoms with Crippen molar-refractivity contribution in [2.45, 2.75) is 0 Å². The molecule has 0 aliphatic carbocycles. The van der Waals surface area contributed by atoms with Crippen LogP contribution in [0.1, 0.15) is 0 Å². The summed E-state index contributed by atoms with van der Waals surface area (Å²) >= 11 is 0. The third-order valence-electron chi connectivity index (χ3n) is 6.76. The summed E-state index contributed by atoms with van der Waals surface area (Å²) < 4.78 is 59.2. The molecule has 0 spiro atoms. The maximum atomic E-state index is 9.87. The van der Waals surface area contributed by atoms with Gasteiger partial charge in [0.2, 0.25) is 0 Å². The van der Waals surface area contributed by atoms with Crippen molar-refractivity contribution < 1.29 is 45.3 Å². The zero-order chi connectivity index (χ0) is 36.2. The number of pyridine rings is 4. The van der Waals surface area contributed by atoms with Crippen LogP contribution in [0, 0.1) is 12.1 Å². The molecule has 8 aromatic rings. The molecule has 12 heteroatoms. The van der Waals surface area contributed by atoms with E-state index >= 15 is 0 Å². The van der Waals surface area contributed by atoms with Crippen LogP contribution in [0.2, 0.25) is 0 Å². The number of nitrogens with zero attached hydrogens (tertiary/aromatic N) is 4. The Morgan fingerprint density at radius 2 is 0.750 bits per heavy atom. The molecule has 264 valence electrons. The third kappa shape index (κ3) is 13.8. The van der Waals surface area contributed by atoms with Gasteiger partial charge in [-0.2, -0.15) is 0 Å². The van der Waals surface area contributed by atoms with Gasteiger partial charge in [0.05, 0.1) is 22.4 Å². The van der Waals surface area contributed by atoms with Gasteiger partial charge in [-0.3, -0.25) is 0 Å². The van der Waals surface area contributed by atoms with Crippen LogP contribution >= 0.6 is 7.81 Å². The minimum absolute atomic E-state index is 0. The molecule has 0 radical (unpaired) electrons. The molecule has 8 rings (SSSR count). The fourth-order valence-electron chi connectivity index (χ4n) is 4.57. The number of rotatable bonds is 3. The van der Waals surface area contributed by atoms with Crippen LogP contribution in [0.5, 0.6) is 0 Å². The van der Waals surface area contributed by atoms with Crippen LogP contribution < -0.4 is 0 Å². The molecule has 0 aliphatic rings. The zero-order valence-electron chi connectivity index (χ0n) is 27.0. The van der Waals surface area contributed by atoms with Gasteiger partial charge < -0.3 is 9.97 Å². The van der Waals surface area contributed by atoms with E-state index in [9.17, 15) is 25.2 Å². The molecule has 0 aliphatic heterocycles. The van der Waals surface area contributed by atoms with Crippen molar-refractivity contribution in [3.63, 3.8) is 0 Å². The monoisotopic (exact) mass is 902 g/mol. The Balaban J connectivity index is 0.000000165. The summed E-state index contributed by atoms with van der Waals surface area (Å²) in [5.41, 5.74) is 7.84. The van der Waals surface area contributed by atoms with E-state index < -0.39 is 7.81 Å². The van der Waals surface area contributed by atoms with E-state index in [1.807, 2.05) is 133 Å². The Kier molecular flexibility index (Phi) is 12.7. The van der Waals surface area contributed by atoms with E-state index in [0.29, 0.717) is 0 Å². The third-order valence-corrected chi connectivity index (χ3v) is 6.76. The molecule has 0 N–H and O–H groups in total. The van der Waals surface area contributed by atoms with E-state index in [2.05, 4.69) is 56.3 Å². The van der Waals surface area contributed by atoms with Crippen molar-refractivity contribution in [3.05, 3.63) is 182 Å². The van der Waals surface area contributed by atoms with Gasteiger partial charge in [0.1, 0.15) is 0 Å². The van der Waals surface area contributed by atoms with Crippen LogP contribution in [0.15, 0.2) is 170 Å². The van der Waals surface area contributed by atoms with Crippen molar-refractivity contribution in [1.82, 2.24) is 19.9 Å². The van der Waals surface area contributed by atoms with Gasteiger partial charge in [0, 0.05) is 23.2 Å². The van der Waals surface area contributed by atoms with E-state index in [0.717, 1.165) is 55.7 Å². The van der Waals surface area contributed by atoms with Gasteiger partial charge >= 0.3 is 53.1 Å². The number of aromatic nitrogens is 4. The van der Waals surface area contributed by atoms with Gasteiger partial charge in [-0.1, -0.05) is 72.8 Å². The molecule has 0 bridgehead atoms. The number of hydrogen-bond acceptors (Lipinski definition) is 4. The van der Waals surface area contributed by atoms with Crippen LogP contribution in [0.25, 0.3) is 55.7 Å². The van der Waals surface area contributed by atoms with E-state index in [-0.39, 0.29) is 20.1 Å². The summed E-state index contributed by atoms with van der Waals surface area (Å²) in [7, 11) is -10.7. The molecule has 0 fully saturated rings. The molecule has 0 unspecified atom stereocenters. The first-order valence-corrected chi connectivity index (χ1v) is 17.4. The molecule has 4 aromatic heterocycles. The average molecular weight is 902 g/mol. The van der Waals surface area contributed by atoms with Crippen LogP contribution in [0.3, 0.4) is 0 Å². The van der Waals surface area contributed by atoms with Crippen LogP contribution in [-0.4, -0.2) is 19.9 Å². The minimum atomic E-state index is -10.7. The largest absolute Gasteiger partial charge is 3.00 e. The van der Waals surface area contributed by atoms with E-state index in [1.54, 1.807) is 12.4 Å². The molecule has 0 saturated carbocycles. The number of hydrogen-bond donors (Lipinski definition) is 0. The van der Waals surface area contributed by atoms with Crippen LogP contribution in [0.4, 0.5) is 25.2 Å². The molecule has 4 aromatic carbocycles. The molecule has 0 amide bonds. The SMILES string of the molecule is F[P-](F)(F)(F)(F)F.[Ir+3].[c-]1ccccc1-c1ccccn1.[c-]1ccccc1-c1ccccn1.c1ccc2nc(-c3ccc4ccccc4n3)ccc2c1. The predicted octanol–water partition coefficient (Wildman–Crippen LogP) is 12.9. The normalized spacial score (nSPS) is 11.8. The average Bonchev–Trinajstić information content (AvgIpc) is 3.15. The first kappa shape index (κ1) is 39.4. The summed E-state index contributed by atoms with van der Waals surface area (Å²) in [5, 5.41) is 2.30. The summed E-state index contributed by atoms with van der Waals surface area (Å²) in [6.45, 7) is 0. The molecule has 4 nitrogen and oxygen atoms in total. The summed E-state index contributed by atoms with van der Waals surface area (Å²) in [5.74, 6) is 0. The fourth-order valence-corrected chi connectivity index (χ4v) is 4.57. The Labute approximate surface area is 309 Å². The molecular formula is C40H28F6IrN4P. The first-order chi connectivity index (χ1) is 24.3. The van der Waals surface area contributed by atoms with Crippen molar-refractivity contribution in [2.24, 2.45) is 0 Å². The Morgan fingerprint density at radius 3 is 1.10 bits per heavy atom. The summed E-state index contributed by atoms with van der Waals surface area (Å²) in [4.78, 5) is 17.8. The smallest absolute Gasteiger partial charge is 0.305 e. The minimum Gasteiger partial charge on any atom is -0.305 e. The van der Waals surface area contributed by atoms with Gasteiger partial charge in [-0.25, -0.2) is 9.97 Å². The fraction of sp³-hybridized carbons (Fsp3) is 0. The molecule has 4 heterocycles. The van der Waals surface area contributed by atoms with E-state index in [1.165, 1.54) is 0 Å². The van der Waals surface area contributed by atoms with Gasteiger partial charge in [-0.15, -0.1) is 71.8 Å². The van der Waals surface area contributed by atoms with Crippen molar-refractivity contribution >= 4 is 29.6 Å². The summed E-state index contributed by atoms with van der Waals surface area (Å²) in [6, 6.07) is 58.1. The van der Waals surface area contributed by atoms with Crippen molar-refractivity contribution in [3.8, 4) is 33.9 Å². The maximum Gasteiger partial charge on any atom is 3.00 e. The number of benzene rings is 4. The number of para-hydroxylation sites is 2. The summed E-state index contributed by atoms with van der Waals surface area (Å²) in [6.07, 6.45) is 3.58. The Bertz CT molecular complexity index is 2060. The van der Waals surface area contributed by atoms with Crippen molar-refractivity contribution in [1.29, 1.82) is 0 Å². The number of halogens is 6. The maximum absolute atomic E-state index is 10.7. The Hall–Kier alpha value is -5.34. The number of fused-ring (bicyclic) bond motifs is 2. The molecule has 0 atom stereocenters. The first-order valence-electron chi connectivity index (χ1n) is 15.3. The topological polar surface area (TPSA) is 51.6 Å². The van der Waals surface area contributed by atoms with E-state index in [4.69, 9.17) is 0 Å². The quantitative estimate of drug-likeness (QED) is 0.101. The van der Waals surface area contributed by atoms with Crippen LogP contribution in [-0.2, 0) is 20.1 Å².